The number of hydrogen-bond donors (Lipinski definition) is 0. The zero-order chi connectivity index (χ0) is 44.0. The van der Waals surface area contributed by atoms with Crippen LogP contribution in [0.5, 0.6) is 0 Å². The Labute approximate surface area is 390 Å². The Morgan fingerprint density at radius 1 is 0.254 bits per heavy atom. The fraction of sp³-hybridized carbons (Fsp3) is 0. The van der Waals surface area contributed by atoms with Crippen LogP contribution in [0.25, 0.3) is 142 Å². The summed E-state index contributed by atoms with van der Waals surface area (Å²) in [6, 6.07) is 81.4. The third-order valence-corrected chi connectivity index (χ3v) is 14.8. The van der Waals surface area contributed by atoms with Crippen LogP contribution in [0.4, 0.5) is 0 Å². The monoisotopic (exact) mass is 867 g/mol. The molecule has 0 fully saturated rings. The van der Waals surface area contributed by atoms with Crippen molar-refractivity contribution in [3.8, 4) is 66.9 Å². The molecule has 0 aliphatic carbocycles. The van der Waals surface area contributed by atoms with Crippen molar-refractivity contribution in [3.63, 3.8) is 0 Å². The minimum atomic E-state index is 0.635. The fourth-order valence-electron chi connectivity index (χ4n) is 10.5. The molecule has 14 rings (SSSR count). The lowest BCUT2D eigenvalue weighted by atomic mass is 9.86. The van der Waals surface area contributed by atoms with Gasteiger partial charge in [-0.3, -0.25) is 0 Å². The highest BCUT2D eigenvalue weighted by molar-refractivity contribution is 7.22. The van der Waals surface area contributed by atoms with E-state index in [0.29, 0.717) is 17.5 Å². The van der Waals surface area contributed by atoms with Gasteiger partial charge in [-0.1, -0.05) is 194 Å². The van der Waals surface area contributed by atoms with Gasteiger partial charge in [-0.2, -0.15) is 0 Å². The van der Waals surface area contributed by atoms with E-state index in [2.05, 4.69) is 206 Å². The number of aromatic nitrogens is 3. The van der Waals surface area contributed by atoms with Crippen molar-refractivity contribution in [1.82, 2.24) is 15.0 Å². The summed E-state index contributed by atoms with van der Waals surface area (Å²) in [7, 11) is 0. The summed E-state index contributed by atoms with van der Waals surface area (Å²) in [5.74, 6) is 1.93. The summed E-state index contributed by atoms with van der Waals surface area (Å²) in [6.07, 6.45) is 0. The second-order valence-electron chi connectivity index (χ2n) is 17.5. The van der Waals surface area contributed by atoms with Crippen molar-refractivity contribution in [2.75, 3.05) is 0 Å². The van der Waals surface area contributed by atoms with Crippen molar-refractivity contribution in [2.24, 2.45) is 0 Å². The summed E-state index contributed by atoms with van der Waals surface area (Å²) >= 11 is 1.79. The van der Waals surface area contributed by atoms with Gasteiger partial charge >= 0.3 is 0 Å². The zero-order valence-electron chi connectivity index (χ0n) is 36.1. The van der Waals surface area contributed by atoms with Gasteiger partial charge in [0.25, 0.3) is 0 Å². The van der Waals surface area contributed by atoms with Crippen molar-refractivity contribution in [1.29, 1.82) is 0 Å². The van der Waals surface area contributed by atoms with Gasteiger partial charge in [0.2, 0.25) is 0 Å². The standard InChI is InChI=1S/C63H37N3S/c1-2-12-42(13-3-1)61-64-62(66-63(65-61)53-21-6-5-20-49(53)56-37-46-14-4-7-25-55(46)67-56)43-31-26-38(27-32-43)44-18-8-19-45(34-44)48-35-47-33-30-41-16-10-23-51-50-22-9-15-39-28-29-40-17-11-24-52(59(40)57(39)50)54(36-48)60(47)58(41)51/h1-37H. The molecule has 0 amide bonds. The first-order chi connectivity index (χ1) is 33.2. The van der Waals surface area contributed by atoms with Gasteiger partial charge in [-0.15, -0.1) is 11.3 Å². The Bertz CT molecular complexity index is 4230. The Morgan fingerprint density at radius 2 is 0.731 bits per heavy atom. The molecule has 2 aromatic heterocycles. The molecule has 0 radical (unpaired) electrons. The van der Waals surface area contributed by atoms with Crippen LogP contribution in [0.3, 0.4) is 0 Å². The molecule has 4 heteroatoms. The average Bonchev–Trinajstić information content (AvgIpc) is 3.84. The molecule has 0 saturated carbocycles. The van der Waals surface area contributed by atoms with E-state index in [-0.39, 0.29) is 0 Å². The lowest BCUT2D eigenvalue weighted by Crippen LogP contribution is -2.01. The summed E-state index contributed by atoms with van der Waals surface area (Å²) in [6.45, 7) is 0. The highest BCUT2D eigenvalue weighted by Gasteiger charge is 2.19. The van der Waals surface area contributed by atoms with Gasteiger partial charge in [0.05, 0.1) is 0 Å². The first-order valence-electron chi connectivity index (χ1n) is 22.7. The van der Waals surface area contributed by atoms with Crippen molar-refractivity contribution in [3.05, 3.63) is 224 Å². The second-order valence-corrected chi connectivity index (χ2v) is 18.6. The van der Waals surface area contributed by atoms with E-state index in [0.717, 1.165) is 33.4 Å². The molecule has 0 spiro atoms. The van der Waals surface area contributed by atoms with Crippen molar-refractivity contribution >= 4 is 86.1 Å². The van der Waals surface area contributed by atoms with Crippen LogP contribution in [-0.2, 0) is 0 Å². The second kappa shape index (κ2) is 15.0. The molecule has 67 heavy (non-hydrogen) atoms. The van der Waals surface area contributed by atoms with E-state index in [1.165, 1.54) is 90.7 Å². The molecular formula is C63H37N3S. The quantitative estimate of drug-likeness (QED) is 0.156. The average molecular weight is 868 g/mol. The van der Waals surface area contributed by atoms with Crippen LogP contribution in [0, 0.1) is 0 Å². The number of fused-ring (bicyclic) bond motifs is 3. The van der Waals surface area contributed by atoms with Crippen LogP contribution in [0.2, 0.25) is 0 Å². The van der Waals surface area contributed by atoms with Crippen molar-refractivity contribution < 1.29 is 0 Å². The maximum atomic E-state index is 5.19. The molecule has 0 bridgehead atoms. The van der Waals surface area contributed by atoms with E-state index in [9.17, 15) is 0 Å². The molecule has 0 atom stereocenters. The van der Waals surface area contributed by atoms with Gasteiger partial charge in [0.15, 0.2) is 17.5 Å². The predicted molar refractivity (Wildman–Crippen MR) is 284 cm³/mol. The summed E-state index contributed by atoms with van der Waals surface area (Å²) in [4.78, 5) is 16.6. The van der Waals surface area contributed by atoms with E-state index in [4.69, 9.17) is 15.0 Å². The molecule has 0 N–H and O–H groups in total. The van der Waals surface area contributed by atoms with Gasteiger partial charge in [-0.25, -0.2) is 15.0 Å². The van der Waals surface area contributed by atoms with Crippen LogP contribution in [0.15, 0.2) is 224 Å². The normalized spacial score (nSPS) is 11.9. The maximum absolute atomic E-state index is 5.19. The zero-order valence-corrected chi connectivity index (χ0v) is 36.9. The summed E-state index contributed by atoms with van der Waals surface area (Å²) in [5.41, 5.74) is 8.59. The van der Waals surface area contributed by atoms with Crippen LogP contribution in [-0.4, -0.2) is 15.0 Å². The van der Waals surface area contributed by atoms with E-state index in [1.54, 1.807) is 11.3 Å². The molecular weight excluding hydrogens is 831 g/mol. The molecule has 0 aliphatic heterocycles. The molecule has 3 nitrogen and oxygen atoms in total. The Hall–Kier alpha value is -8.57. The van der Waals surface area contributed by atoms with Crippen LogP contribution >= 0.6 is 11.3 Å². The SMILES string of the molecule is c1ccc(-c2nc(-c3ccc(-c4cccc(-c5cc6ccc7cccc8c9cccc%10ccc%11cccc(c(c5)c6c78)c%11c%109)c4)cc3)nc(-c3ccccc3-c3cc4ccccc4s3)n2)cc1. The molecule has 0 unspecified atom stereocenters. The molecule has 14 aromatic rings. The summed E-state index contributed by atoms with van der Waals surface area (Å²) < 4.78 is 1.26. The summed E-state index contributed by atoms with van der Waals surface area (Å²) in [5, 5.41) is 16.6. The lowest BCUT2D eigenvalue weighted by molar-refractivity contribution is 1.07. The number of thiophene rings is 1. The lowest BCUT2D eigenvalue weighted by Gasteiger charge is -2.17. The van der Waals surface area contributed by atoms with E-state index >= 15 is 0 Å². The van der Waals surface area contributed by atoms with Crippen molar-refractivity contribution in [2.45, 2.75) is 0 Å². The topological polar surface area (TPSA) is 38.7 Å². The molecule has 12 aromatic carbocycles. The Morgan fingerprint density at radius 3 is 1.40 bits per heavy atom. The Balaban J connectivity index is 0.890. The minimum absolute atomic E-state index is 0.635. The van der Waals surface area contributed by atoms with E-state index < -0.39 is 0 Å². The van der Waals surface area contributed by atoms with Gasteiger partial charge in [0.1, 0.15) is 0 Å². The van der Waals surface area contributed by atoms with Gasteiger partial charge in [-0.05, 0) is 123 Å². The van der Waals surface area contributed by atoms with Gasteiger partial charge < -0.3 is 0 Å². The Kier molecular flexibility index (Phi) is 8.45. The molecule has 0 aliphatic rings. The highest BCUT2D eigenvalue weighted by atomic mass is 32.1. The first-order valence-corrected chi connectivity index (χ1v) is 23.6. The number of benzene rings is 11. The smallest absolute Gasteiger partial charge is 0.164 e. The van der Waals surface area contributed by atoms with Crippen LogP contribution in [0.1, 0.15) is 0 Å². The largest absolute Gasteiger partial charge is 0.208 e. The fourth-order valence-corrected chi connectivity index (χ4v) is 11.6. The van der Waals surface area contributed by atoms with Crippen LogP contribution < -0.4 is 0 Å². The van der Waals surface area contributed by atoms with E-state index in [1.807, 2.05) is 18.2 Å². The third-order valence-electron chi connectivity index (χ3n) is 13.6. The first kappa shape index (κ1) is 37.8. The maximum Gasteiger partial charge on any atom is 0.164 e. The number of rotatable bonds is 6. The minimum Gasteiger partial charge on any atom is -0.208 e. The highest BCUT2D eigenvalue weighted by Crippen LogP contribution is 2.45. The molecule has 310 valence electrons. The van der Waals surface area contributed by atoms with Gasteiger partial charge in [0, 0.05) is 31.8 Å². The predicted octanol–water partition coefficient (Wildman–Crippen LogP) is 17.4. The number of hydrogen-bond acceptors (Lipinski definition) is 4. The third kappa shape index (κ3) is 6.15. The number of nitrogens with zero attached hydrogens (tertiary/aromatic N) is 3. The molecule has 2 heterocycles. The molecule has 0 saturated heterocycles.